The number of hydrogen-bond donors (Lipinski definition) is 0. The molecule has 4 heteroatoms. The lowest BCUT2D eigenvalue weighted by Gasteiger charge is -2.19. The normalized spacial score (nSPS) is 19.4. The summed E-state index contributed by atoms with van der Waals surface area (Å²) in [5, 5.41) is 0. The van der Waals surface area contributed by atoms with Gasteiger partial charge in [-0.2, -0.15) is 0 Å². The van der Waals surface area contributed by atoms with Gasteiger partial charge in [-0.15, -0.1) is 0 Å². The van der Waals surface area contributed by atoms with Crippen LogP contribution in [0.15, 0.2) is 30.7 Å². The van der Waals surface area contributed by atoms with Crippen molar-refractivity contribution in [1.82, 2.24) is 9.97 Å². The molecule has 22 heavy (non-hydrogen) atoms. The van der Waals surface area contributed by atoms with Crippen molar-refractivity contribution in [2.24, 2.45) is 0 Å². The summed E-state index contributed by atoms with van der Waals surface area (Å²) in [6, 6.07) is 4.43. The van der Waals surface area contributed by atoms with Crippen LogP contribution in [-0.2, 0) is 10.2 Å². The van der Waals surface area contributed by atoms with Gasteiger partial charge in [0.15, 0.2) is 0 Å². The van der Waals surface area contributed by atoms with Crippen molar-refractivity contribution < 1.29 is 4.79 Å². The smallest absolute Gasteiger partial charge is 0.237 e. The lowest BCUT2D eigenvalue weighted by atomic mass is 9.87. The molecular weight excluding hydrogens is 274 g/mol. The van der Waals surface area contributed by atoms with Crippen LogP contribution < -0.4 is 4.90 Å². The number of anilines is 1. The molecule has 1 aliphatic heterocycles. The van der Waals surface area contributed by atoms with E-state index in [9.17, 15) is 4.79 Å². The Morgan fingerprint density at radius 3 is 2.73 bits per heavy atom. The van der Waals surface area contributed by atoms with E-state index in [1.807, 2.05) is 44.1 Å². The van der Waals surface area contributed by atoms with E-state index in [1.165, 1.54) is 0 Å². The summed E-state index contributed by atoms with van der Waals surface area (Å²) in [5.74, 6) is 0.204. The molecule has 2 aromatic heterocycles. The molecule has 0 spiro atoms. The number of rotatable bonds is 2. The van der Waals surface area contributed by atoms with E-state index in [1.54, 1.807) is 6.20 Å². The fraction of sp³-hybridized carbons (Fsp3) is 0.389. The van der Waals surface area contributed by atoms with E-state index in [4.69, 9.17) is 0 Å². The summed E-state index contributed by atoms with van der Waals surface area (Å²) in [7, 11) is 0. The minimum atomic E-state index is -0.475. The van der Waals surface area contributed by atoms with Crippen molar-refractivity contribution in [2.45, 2.75) is 45.1 Å². The quantitative estimate of drug-likeness (QED) is 0.854. The van der Waals surface area contributed by atoms with Crippen LogP contribution >= 0.6 is 0 Å². The number of aromatic nitrogens is 2. The summed E-state index contributed by atoms with van der Waals surface area (Å²) < 4.78 is 0. The maximum Gasteiger partial charge on any atom is 0.237 e. The number of carbonyl (C=O) groups excluding carboxylic acids is 1. The number of aryl methyl sites for hydroxylation is 1. The van der Waals surface area contributed by atoms with Crippen LogP contribution in [0.1, 0.15) is 37.8 Å². The molecule has 0 unspecified atom stereocenters. The van der Waals surface area contributed by atoms with Gasteiger partial charge in [0.2, 0.25) is 5.91 Å². The summed E-state index contributed by atoms with van der Waals surface area (Å²) in [5.41, 5.74) is 4.69. The molecule has 4 nitrogen and oxygen atoms in total. The zero-order valence-electron chi connectivity index (χ0n) is 13.1. The molecule has 4 rings (SSSR count). The van der Waals surface area contributed by atoms with Gasteiger partial charge in [-0.3, -0.25) is 14.8 Å². The van der Waals surface area contributed by atoms with Gasteiger partial charge in [0.1, 0.15) is 0 Å². The van der Waals surface area contributed by atoms with Gasteiger partial charge in [-0.1, -0.05) is 0 Å². The van der Waals surface area contributed by atoms with E-state index in [0.717, 1.165) is 40.9 Å². The van der Waals surface area contributed by atoms with Crippen LogP contribution in [0, 0.1) is 6.92 Å². The predicted molar refractivity (Wildman–Crippen MR) is 85.7 cm³/mol. The Balaban J connectivity index is 1.88. The fourth-order valence-electron chi connectivity index (χ4n) is 3.25. The third-order valence-electron chi connectivity index (χ3n) is 4.78. The SMILES string of the molecule is Cc1cnccc1-c1cc2c(cn1)C(C)(C)C(=O)N2C1CC1. The average Bonchev–Trinajstić information content (AvgIpc) is 3.29. The first-order chi connectivity index (χ1) is 10.5. The first-order valence-corrected chi connectivity index (χ1v) is 7.75. The second kappa shape index (κ2) is 4.38. The van der Waals surface area contributed by atoms with Crippen LogP contribution in [0.25, 0.3) is 11.3 Å². The molecule has 0 saturated heterocycles. The fourth-order valence-corrected chi connectivity index (χ4v) is 3.25. The lowest BCUT2D eigenvalue weighted by molar-refractivity contribution is -0.122. The van der Waals surface area contributed by atoms with Crippen molar-refractivity contribution in [2.75, 3.05) is 4.90 Å². The second-order valence-corrected chi connectivity index (χ2v) is 6.81. The Morgan fingerprint density at radius 1 is 1.27 bits per heavy atom. The van der Waals surface area contributed by atoms with E-state index in [2.05, 4.69) is 16.0 Å². The third-order valence-corrected chi connectivity index (χ3v) is 4.78. The Hall–Kier alpha value is -2.23. The van der Waals surface area contributed by atoms with Gasteiger partial charge in [-0.25, -0.2) is 0 Å². The molecule has 3 heterocycles. The van der Waals surface area contributed by atoms with Crippen LogP contribution in [0.5, 0.6) is 0 Å². The lowest BCUT2D eigenvalue weighted by Crippen LogP contribution is -2.37. The molecule has 2 aliphatic rings. The summed E-state index contributed by atoms with van der Waals surface area (Å²) in [4.78, 5) is 23.5. The highest BCUT2D eigenvalue weighted by molar-refractivity contribution is 6.08. The molecule has 1 amide bonds. The van der Waals surface area contributed by atoms with Gasteiger partial charge < -0.3 is 4.90 Å². The molecule has 0 aromatic carbocycles. The highest BCUT2D eigenvalue weighted by atomic mass is 16.2. The van der Waals surface area contributed by atoms with Gasteiger partial charge >= 0.3 is 0 Å². The van der Waals surface area contributed by atoms with Crippen LogP contribution in [-0.4, -0.2) is 21.9 Å². The first kappa shape index (κ1) is 13.4. The van der Waals surface area contributed by atoms with E-state index in [0.29, 0.717) is 6.04 Å². The molecule has 112 valence electrons. The van der Waals surface area contributed by atoms with Crippen LogP contribution in [0.4, 0.5) is 5.69 Å². The van der Waals surface area contributed by atoms with Gasteiger partial charge in [0.05, 0.1) is 16.8 Å². The van der Waals surface area contributed by atoms with Crippen LogP contribution in [0.3, 0.4) is 0 Å². The molecular formula is C18H19N3O. The summed E-state index contributed by atoms with van der Waals surface area (Å²) in [6.07, 6.45) is 7.72. The number of carbonyl (C=O) groups is 1. The largest absolute Gasteiger partial charge is 0.308 e. The van der Waals surface area contributed by atoms with Crippen molar-refractivity contribution in [3.8, 4) is 11.3 Å². The first-order valence-electron chi connectivity index (χ1n) is 7.75. The van der Waals surface area contributed by atoms with Crippen LogP contribution in [0.2, 0.25) is 0 Å². The van der Waals surface area contributed by atoms with E-state index < -0.39 is 5.41 Å². The number of nitrogens with zero attached hydrogens (tertiary/aromatic N) is 3. The highest BCUT2D eigenvalue weighted by Gasteiger charge is 2.49. The number of amides is 1. The molecule has 1 saturated carbocycles. The zero-order valence-corrected chi connectivity index (χ0v) is 13.1. The maximum atomic E-state index is 12.8. The van der Waals surface area contributed by atoms with Crippen molar-refractivity contribution in [3.63, 3.8) is 0 Å². The van der Waals surface area contributed by atoms with Gasteiger partial charge in [0.25, 0.3) is 0 Å². The average molecular weight is 293 g/mol. The van der Waals surface area contributed by atoms with E-state index >= 15 is 0 Å². The second-order valence-electron chi connectivity index (χ2n) is 6.81. The standard InChI is InChI=1S/C18H19N3O/c1-11-9-19-7-6-13(11)15-8-16-14(10-20-15)18(2,3)17(22)21(16)12-4-5-12/h6-10,12H,4-5H2,1-3H3. The number of fused-ring (bicyclic) bond motifs is 1. The van der Waals surface area contributed by atoms with Crippen molar-refractivity contribution in [1.29, 1.82) is 0 Å². The Bertz CT molecular complexity index is 778. The van der Waals surface area contributed by atoms with Crippen molar-refractivity contribution in [3.05, 3.63) is 41.9 Å². The Kier molecular flexibility index (Phi) is 2.68. The number of pyridine rings is 2. The van der Waals surface area contributed by atoms with Crippen molar-refractivity contribution >= 4 is 11.6 Å². The molecule has 0 bridgehead atoms. The predicted octanol–water partition coefficient (Wildman–Crippen LogP) is 3.24. The van der Waals surface area contributed by atoms with E-state index in [-0.39, 0.29) is 5.91 Å². The van der Waals surface area contributed by atoms with Gasteiger partial charge in [-0.05, 0) is 51.3 Å². The molecule has 1 fully saturated rings. The van der Waals surface area contributed by atoms with Gasteiger partial charge in [0, 0.05) is 35.8 Å². The third kappa shape index (κ3) is 1.79. The topological polar surface area (TPSA) is 46.1 Å². The molecule has 0 radical (unpaired) electrons. The zero-order chi connectivity index (χ0) is 15.5. The molecule has 1 aliphatic carbocycles. The Morgan fingerprint density at radius 2 is 2.05 bits per heavy atom. The monoisotopic (exact) mass is 293 g/mol. The number of hydrogen-bond acceptors (Lipinski definition) is 3. The summed E-state index contributed by atoms with van der Waals surface area (Å²) >= 11 is 0. The maximum absolute atomic E-state index is 12.8. The Labute approximate surface area is 130 Å². The summed E-state index contributed by atoms with van der Waals surface area (Å²) in [6.45, 7) is 6.02. The molecule has 2 aromatic rings. The minimum absolute atomic E-state index is 0.204. The molecule has 0 N–H and O–H groups in total. The highest BCUT2D eigenvalue weighted by Crippen LogP contribution is 2.47. The molecule has 0 atom stereocenters. The minimum Gasteiger partial charge on any atom is -0.308 e.